The third-order valence-corrected chi connectivity index (χ3v) is 3.57. The quantitative estimate of drug-likeness (QED) is 0.490. The first-order valence-corrected chi connectivity index (χ1v) is 7.71. The summed E-state index contributed by atoms with van der Waals surface area (Å²) < 4.78 is 4.57. The largest absolute Gasteiger partial charge is 0.469 e. The van der Waals surface area contributed by atoms with Gasteiger partial charge >= 0.3 is 5.97 Å². The summed E-state index contributed by atoms with van der Waals surface area (Å²) in [5.41, 5.74) is 2.43. The highest BCUT2D eigenvalue weighted by molar-refractivity contribution is 6.07. The fourth-order valence-corrected chi connectivity index (χ4v) is 2.20. The second-order valence-corrected chi connectivity index (χ2v) is 5.35. The Balaban J connectivity index is 2.25. The van der Waals surface area contributed by atoms with Crippen LogP contribution in [-0.2, 0) is 14.3 Å². The SMILES string of the molecule is C=C(CC(=O)OC)C(=O)N(C)c1ccccc1C#Cc1ccccc1. The van der Waals surface area contributed by atoms with Gasteiger partial charge in [-0.2, -0.15) is 0 Å². The third kappa shape index (κ3) is 4.82. The molecule has 126 valence electrons. The molecule has 0 aliphatic rings. The van der Waals surface area contributed by atoms with Crippen molar-refractivity contribution in [1.82, 2.24) is 0 Å². The first-order valence-electron chi connectivity index (χ1n) is 7.71. The molecule has 2 aromatic rings. The van der Waals surface area contributed by atoms with Gasteiger partial charge in [0.2, 0.25) is 0 Å². The molecular weight excluding hydrogens is 314 g/mol. The predicted molar refractivity (Wildman–Crippen MR) is 98.0 cm³/mol. The third-order valence-electron chi connectivity index (χ3n) is 3.57. The van der Waals surface area contributed by atoms with Gasteiger partial charge in [-0.15, -0.1) is 0 Å². The summed E-state index contributed by atoms with van der Waals surface area (Å²) in [6.07, 6.45) is -0.141. The van der Waals surface area contributed by atoms with Gasteiger partial charge in [0, 0.05) is 23.7 Å². The lowest BCUT2D eigenvalue weighted by molar-refractivity contribution is -0.140. The summed E-state index contributed by atoms with van der Waals surface area (Å²) in [5, 5.41) is 0. The molecule has 4 heteroatoms. The maximum atomic E-state index is 12.5. The van der Waals surface area contributed by atoms with E-state index in [2.05, 4.69) is 23.2 Å². The first-order chi connectivity index (χ1) is 12.0. The topological polar surface area (TPSA) is 46.6 Å². The van der Waals surface area contributed by atoms with Crippen molar-refractivity contribution in [3.05, 3.63) is 77.9 Å². The molecule has 0 unspecified atom stereocenters. The molecule has 2 aromatic carbocycles. The fourth-order valence-electron chi connectivity index (χ4n) is 2.20. The Hall–Kier alpha value is -3.32. The fraction of sp³-hybridized carbons (Fsp3) is 0.143. The number of likely N-dealkylation sites (N-methyl/N-ethyl adjacent to an activating group) is 1. The van der Waals surface area contributed by atoms with Crippen LogP contribution in [0.2, 0.25) is 0 Å². The molecular formula is C21H19NO3. The number of methoxy groups -OCH3 is 1. The van der Waals surface area contributed by atoms with E-state index >= 15 is 0 Å². The van der Waals surface area contributed by atoms with Crippen LogP contribution in [0.25, 0.3) is 0 Å². The van der Waals surface area contributed by atoms with E-state index in [4.69, 9.17) is 0 Å². The Labute approximate surface area is 147 Å². The smallest absolute Gasteiger partial charge is 0.310 e. The van der Waals surface area contributed by atoms with Crippen molar-refractivity contribution in [3.63, 3.8) is 0 Å². The van der Waals surface area contributed by atoms with Gasteiger partial charge in [-0.1, -0.05) is 48.8 Å². The number of nitrogens with zero attached hydrogens (tertiary/aromatic N) is 1. The van der Waals surface area contributed by atoms with Crippen molar-refractivity contribution in [2.24, 2.45) is 0 Å². The van der Waals surface area contributed by atoms with Crippen molar-refractivity contribution >= 4 is 17.6 Å². The Bertz CT molecular complexity index is 844. The van der Waals surface area contributed by atoms with Crippen molar-refractivity contribution in [1.29, 1.82) is 0 Å². The molecule has 0 aliphatic carbocycles. The molecule has 1 amide bonds. The van der Waals surface area contributed by atoms with E-state index < -0.39 is 5.97 Å². The minimum absolute atomic E-state index is 0.141. The van der Waals surface area contributed by atoms with Gasteiger partial charge in [0.15, 0.2) is 0 Å². The van der Waals surface area contributed by atoms with Gasteiger partial charge in [0.1, 0.15) is 0 Å². The summed E-state index contributed by atoms with van der Waals surface area (Å²) in [4.78, 5) is 25.3. The number of benzene rings is 2. The van der Waals surface area contributed by atoms with Gasteiger partial charge in [-0.25, -0.2) is 0 Å². The standard InChI is InChI=1S/C21H19NO3/c1-16(15-20(23)25-3)21(24)22(2)19-12-8-7-11-18(19)14-13-17-9-5-4-6-10-17/h4-12H,1,15H2,2-3H3. The lowest BCUT2D eigenvalue weighted by Gasteiger charge is -2.19. The van der Waals surface area contributed by atoms with Gasteiger partial charge in [0.05, 0.1) is 19.2 Å². The monoisotopic (exact) mass is 333 g/mol. The van der Waals surface area contributed by atoms with Crippen molar-refractivity contribution in [2.75, 3.05) is 19.1 Å². The minimum Gasteiger partial charge on any atom is -0.469 e. The predicted octanol–water partition coefficient (Wildman–Crippen LogP) is 3.17. The van der Waals surface area contributed by atoms with Crippen LogP contribution in [0.5, 0.6) is 0 Å². The van der Waals surface area contributed by atoms with Crippen molar-refractivity contribution < 1.29 is 14.3 Å². The van der Waals surface area contributed by atoms with E-state index in [0.29, 0.717) is 11.3 Å². The molecule has 0 atom stereocenters. The second-order valence-electron chi connectivity index (χ2n) is 5.35. The normalized spacial score (nSPS) is 9.52. The van der Waals surface area contributed by atoms with E-state index in [1.54, 1.807) is 13.1 Å². The van der Waals surface area contributed by atoms with Crippen molar-refractivity contribution in [3.8, 4) is 11.8 Å². The molecule has 0 radical (unpaired) electrons. The molecule has 0 saturated carbocycles. The van der Waals surface area contributed by atoms with Crippen LogP contribution >= 0.6 is 0 Å². The van der Waals surface area contributed by atoms with E-state index in [1.165, 1.54) is 12.0 Å². The van der Waals surface area contributed by atoms with E-state index in [9.17, 15) is 9.59 Å². The number of hydrogen-bond donors (Lipinski definition) is 0. The summed E-state index contributed by atoms with van der Waals surface area (Å²) in [5.74, 6) is 5.33. The van der Waals surface area contributed by atoms with E-state index in [0.717, 1.165) is 5.56 Å². The number of para-hydroxylation sites is 1. The van der Waals surface area contributed by atoms with Gasteiger partial charge in [-0.05, 0) is 24.3 Å². The number of hydrogen-bond acceptors (Lipinski definition) is 3. The maximum Gasteiger partial charge on any atom is 0.310 e. The summed E-state index contributed by atoms with van der Waals surface area (Å²) in [6, 6.07) is 16.9. The molecule has 0 saturated heterocycles. The molecule has 0 N–H and O–H groups in total. The van der Waals surface area contributed by atoms with Crippen LogP contribution in [0.4, 0.5) is 5.69 Å². The molecule has 0 heterocycles. The highest BCUT2D eigenvalue weighted by Gasteiger charge is 2.19. The number of carbonyl (C=O) groups is 2. The zero-order chi connectivity index (χ0) is 18.2. The van der Waals surface area contributed by atoms with Crippen molar-refractivity contribution in [2.45, 2.75) is 6.42 Å². The number of esters is 1. The lowest BCUT2D eigenvalue weighted by Crippen LogP contribution is -2.29. The first kappa shape index (κ1) is 18.0. The molecule has 0 spiro atoms. The Morgan fingerprint density at radius 1 is 1.04 bits per heavy atom. The maximum absolute atomic E-state index is 12.5. The van der Waals surface area contributed by atoms with Gasteiger partial charge < -0.3 is 9.64 Å². The number of ether oxygens (including phenoxy) is 1. The van der Waals surface area contributed by atoms with Crippen LogP contribution in [-0.4, -0.2) is 26.0 Å². The number of amides is 1. The average molecular weight is 333 g/mol. The van der Waals surface area contributed by atoms with Gasteiger partial charge in [-0.3, -0.25) is 9.59 Å². The molecule has 2 rings (SSSR count). The Morgan fingerprint density at radius 3 is 2.36 bits per heavy atom. The minimum atomic E-state index is -0.496. The van der Waals surface area contributed by atoms with E-state index in [1.807, 2.05) is 48.5 Å². The zero-order valence-electron chi connectivity index (χ0n) is 14.3. The van der Waals surface area contributed by atoms with Crippen LogP contribution in [0, 0.1) is 11.8 Å². The Kier molecular flexibility index (Phi) is 6.14. The molecule has 0 aliphatic heterocycles. The molecule has 25 heavy (non-hydrogen) atoms. The second kappa shape index (κ2) is 8.51. The zero-order valence-corrected chi connectivity index (χ0v) is 14.3. The average Bonchev–Trinajstić information content (AvgIpc) is 2.66. The van der Waals surface area contributed by atoms with Crippen LogP contribution in [0.3, 0.4) is 0 Å². The molecule has 0 aromatic heterocycles. The summed E-state index contributed by atoms with van der Waals surface area (Å²) in [6.45, 7) is 3.68. The highest BCUT2D eigenvalue weighted by atomic mass is 16.5. The molecule has 4 nitrogen and oxygen atoms in total. The van der Waals surface area contributed by atoms with Gasteiger partial charge in [0.25, 0.3) is 5.91 Å². The number of carbonyl (C=O) groups excluding carboxylic acids is 2. The number of rotatable bonds is 4. The molecule has 0 bridgehead atoms. The van der Waals surface area contributed by atoms with Crippen LogP contribution in [0.15, 0.2) is 66.7 Å². The van der Waals surface area contributed by atoms with E-state index in [-0.39, 0.29) is 17.9 Å². The Morgan fingerprint density at radius 2 is 1.68 bits per heavy atom. The highest BCUT2D eigenvalue weighted by Crippen LogP contribution is 2.20. The lowest BCUT2D eigenvalue weighted by atomic mass is 10.1. The summed E-state index contributed by atoms with van der Waals surface area (Å²) >= 11 is 0. The van der Waals surface area contributed by atoms with Crippen LogP contribution in [0.1, 0.15) is 17.5 Å². The number of anilines is 1. The molecule has 0 fully saturated rings. The van der Waals surface area contributed by atoms with Crippen LogP contribution < -0.4 is 4.90 Å². The summed E-state index contributed by atoms with van der Waals surface area (Å²) in [7, 11) is 2.91.